The SMILES string of the molecule is CSc1nc(N2CCCC[C@H]2CN)c2c(Cl)nc(Cl)c(F)c2n1. The number of piperidine rings is 1. The first-order valence-electron chi connectivity index (χ1n) is 7.29. The predicted octanol–water partition coefficient (Wildman–Crippen LogP) is 3.51. The highest BCUT2D eigenvalue weighted by atomic mass is 35.5. The second-order valence-electron chi connectivity index (χ2n) is 5.34. The van der Waals surface area contributed by atoms with Crippen LogP contribution in [-0.4, -0.2) is 40.3 Å². The molecule has 2 aromatic rings. The monoisotopic (exact) mass is 375 g/mol. The van der Waals surface area contributed by atoms with Gasteiger partial charge < -0.3 is 10.6 Å². The van der Waals surface area contributed by atoms with Crippen LogP contribution in [0.2, 0.25) is 10.3 Å². The molecule has 3 heterocycles. The van der Waals surface area contributed by atoms with Gasteiger partial charge in [0.05, 0.1) is 5.39 Å². The number of halogens is 3. The van der Waals surface area contributed by atoms with E-state index >= 15 is 0 Å². The fourth-order valence-corrected chi connectivity index (χ4v) is 3.73. The first kappa shape index (κ1) is 17.0. The Balaban J connectivity index is 2.28. The molecule has 3 rings (SSSR count). The van der Waals surface area contributed by atoms with E-state index < -0.39 is 5.82 Å². The summed E-state index contributed by atoms with van der Waals surface area (Å²) in [6, 6.07) is 0.145. The first-order chi connectivity index (χ1) is 11.1. The van der Waals surface area contributed by atoms with Crippen molar-refractivity contribution >= 4 is 51.7 Å². The first-order valence-corrected chi connectivity index (χ1v) is 9.27. The Kier molecular flexibility index (Phi) is 5.10. The van der Waals surface area contributed by atoms with Crippen LogP contribution < -0.4 is 10.6 Å². The molecule has 1 aliphatic rings. The predicted molar refractivity (Wildman–Crippen MR) is 93.1 cm³/mol. The van der Waals surface area contributed by atoms with Crippen LogP contribution in [0, 0.1) is 5.82 Å². The number of thioether (sulfide) groups is 1. The van der Waals surface area contributed by atoms with Gasteiger partial charge in [-0.25, -0.2) is 19.3 Å². The third-order valence-electron chi connectivity index (χ3n) is 4.01. The summed E-state index contributed by atoms with van der Waals surface area (Å²) < 4.78 is 14.4. The maximum atomic E-state index is 14.4. The number of anilines is 1. The van der Waals surface area contributed by atoms with E-state index in [1.807, 2.05) is 6.26 Å². The molecular weight excluding hydrogens is 360 g/mol. The Labute approximate surface area is 147 Å². The lowest BCUT2D eigenvalue weighted by molar-refractivity contribution is 0.462. The Hall–Kier alpha value is -0.890. The third-order valence-corrected chi connectivity index (χ3v) is 5.09. The van der Waals surface area contributed by atoms with Crippen LogP contribution in [-0.2, 0) is 0 Å². The lowest BCUT2D eigenvalue weighted by Crippen LogP contribution is -2.44. The Morgan fingerprint density at radius 3 is 2.74 bits per heavy atom. The van der Waals surface area contributed by atoms with Gasteiger partial charge in [-0.1, -0.05) is 35.0 Å². The number of hydrogen-bond donors (Lipinski definition) is 1. The Morgan fingerprint density at radius 1 is 1.26 bits per heavy atom. The molecule has 0 saturated carbocycles. The Morgan fingerprint density at radius 2 is 2.04 bits per heavy atom. The molecule has 5 nitrogen and oxygen atoms in total. The molecule has 0 aromatic carbocycles. The van der Waals surface area contributed by atoms with Crippen molar-refractivity contribution in [1.29, 1.82) is 0 Å². The minimum absolute atomic E-state index is 0.102. The van der Waals surface area contributed by atoms with Crippen molar-refractivity contribution < 1.29 is 4.39 Å². The zero-order valence-corrected chi connectivity index (χ0v) is 14.8. The summed E-state index contributed by atoms with van der Waals surface area (Å²) >= 11 is 13.4. The van der Waals surface area contributed by atoms with Gasteiger partial charge in [0.25, 0.3) is 0 Å². The minimum Gasteiger partial charge on any atom is -0.352 e. The van der Waals surface area contributed by atoms with Crippen molar-refractivity contribution in [3.05, 3.63) is 16.1 Å². The zero-order chi connectivity index (χ0) is 16.6. The van der Waals surface area contributed by atoms with Crippen LogP contribution >= 0.6 is 35.0 Å². The molecule has 1 atom stereocenters. The van der Waals surface area contributed by atoms with Gasteiger partial charge in [-0.15, -0.1) is 0 Å². The van der Waals surface area contributed by atoms with E-state index in [2.05, 4.69) is 19.9 Å². The van der Waals surface area contributed by atoms with Crippen molar-refractivity contribution in [3.8, 4) is 0 Å². The van der Waals surface area contributed by atoms with Crippen LogP contribution in [0.3, 0.4) is 0 Å². The zero-order valence-electron chi connectivity index (χ0n) is 12.5. The van der Waals surface area contributed by atoms with E-state index in [4.69, 9.17) is 28.9 Å². The van der Waals surface area contributed by atoms with Gasteiger partial charge in [-0.05, 0) is 25.5 Å². The number of nitrogens with two attached hydrogens (primary N) is 1. The summed E-state index contributed by atoms with van der Waals surface area (Å²) in [5.41, 5.74) is 6.01. The maximum absolute atomic E-state index is 14.4. The number of nitrogens with zero attached hydrogens (tertiary/aromatic N) is 4. The molecule has 1 aliphatic heterocycles. The van der Waals surface area contributed by atoms with E-state index in [0.29, 0.717) is 22.9 Å². The van der Waals surface area contributed by atoms with E-state index in [-0.39, 0.29) is 21.9 Å². The highest BCUT2D eigenvalue weighted by Crippen LogP contribution is 2.36. The largest absolute Gasteiger partial charge is 0.352 e. The molecular formula is C14H16Cl2FN5S. The number of pyridine rings is 1. The second kappa shape index (κ2) is 6.93. The maximum Gasteiger partial charge on any atom is 0.189 e. The molecule has 0 radical (unpaired) electrons. The smallest absolute Gasteiger partial charge is 0.189 e. The average Bonchev–Trinajstić information content (AvgIpc) is 2.58. The normalized spacial score (nSPS) is 18.7. The summed E-state index contributed by atoms with van der Waals surface area (Å²) in [4.78, 5) is 14.8. The van der Waals surface area contributed by atoms with Crippen molar-refractivity contribution in [2.75, 3.05) is 24.2 Å². The highest BCUT2D eigenvalue weighted by Gasteiger charge is 2.27. The summed E-state index contributed by atoms with van der Waals surface area (Å²) in [7, 11) is 0. The van der Waals surface area contributed by atoms with Crippen molar-refractivity contribution in [3.63, 3.8) is 0 Å². The van der Waals surface area contributed by atoms with Crippen molar-refractivity contribution in [2.45, 2.75) is 30.5 Å². The minimum atomic E-state index is -0.675. The van der Waals surface area contributed by atoms with Gasteiger partial charge in [0.2, 0.25) is 0 Å². The van der Waals surface area contributed by atoms with Crippen LogP contribution in [0.5, 0.6) is 0 Å². The van der Waals surface area contributed by atoms with Gasteiger partial charge in [0, 0.05) is 19.1 Å². The third kappa shape index (κ3) is 3.07. The molecule has 0 amide bonds. The summed E-state index contributed by atoms with van der Waals surface area (Å²) in [5.74, 6) is -0.0890. The molecule has 0 unspecified atom stereocenters. The second-order valence-corrected chi connectivity index (χ2v) is 6.83. The quantitative estimate of drug-likeness (QED) is 0.502. The van der Waals surface area contributed by atoms with Crippen LogP contribution in [0.1, 0.15) is 19.3 Å². The molecule has 1 fully saturated rings. The van der Waals surface area contributed by atoms with Crippen LogP contribution in [0.25, 0.3) is 10.9 Å². The van der Waals surface area contributed by atoms with Crippen molar-refractivity contribution in [1.82, 2.24) is 15.0 Å². The molecule has 0 aliphatic carbocycles. The van der Waals surface area contributed by atoms with Gasteiger partial charge >= 0.3 is 0 Å². The highest BCUT2D eigenvalue weighted by molar-refractivity contribution is 7.98. The number of rotatable bonds is 3. The van der Waals surface area contributed by atoms with E-state index in [9.17, 15) is 4.39 Å². The van der Waals surface area contributed by atoms with E-state index in [0.717, 1.165) is 25.8 Å². The van der Waals surface area contributed by atoms with Gasteiger partial charge in [-0.3, -0.25) is 0 Å². The molecule has 2 N–H and O–H groups in total. The lowest BCUT2D eigenvalue weighted by Gasteiger charge is -2.36. The summed E-state index contributed by atoms with van der Waals surface area (Å²) in [6.07, 6.45) is 4.95. The van der Waals surface area contributed by atoms with Gasteiger partial charge in [0.1, 0.15) is 16.5 Å². The molecule has 0 bridgehead atoms. The average molecular weight is 376 g/mol. The van der Waals surface area contributed by atoms with Crippen LogP contribution in [0.4, 0.5) is 10.2 Å². The van der Waals surface area contributed by atoms with Crippen LogP contribution in [0.15, 0.2) is 5.16 Å². The fraction of sp³-hybridized carbons (Fsp3) is 0.500. The Bertz CT molecular complexity index is 745. The fourth-order valence-electron chi connectivity index (χ4n) is 2.89. The molecule has 0 spiro atoms. The molecule has 124 valence electrons. The molecule has 23 heavy (non-hydrogen) atoms. The standard InChI is InChI=1S/C14H16Cl2FN5S/c1-23-14-19-10-8(11(15)20-12(16)9(10)17)13(21-14)22-5-3-2-4-7(22)6-18/h7H,2-6,18H2,1H3/t7-/m0/s1. The molecule has 1 saturated heterocycles. The topological polar surface area (TPSA) is 67.9 Å². The molecule has 2 aromatic heterocycles. The number of fused-ring (bicyclic) bond motifs is 1. The molecule has 9 heteroatoms. The summed E-state index contributed by atoms with van der Waals surface area (Å²) in [5, 5.41) is 0.682. The number of aromatic nitrogens is 3. The van der Waals surface area contributed by atoms with E-state index in [1.54, 1.807) is 0 Å². The lowest BCUT2D eigenvalue weighted by atomic mass is 10.0. The van der Waals surface area contributed by atoms with E-state index in [1.165, 1.54) is 11.8 Å². The van der Waals surface area contributed by atoms with Gasteiger partial charge in [-0.2, -0.15) is 0 Å². The van der Waals surface area contributed by atoms with Gasteiger partial charge in [0.15, 0.2) is 16.1 Å². The summed E-state index contributed by atoms with van der Waals surface area (Å²) in [6.45, 7) is 1.30. The van der Waals surface area contributed by atoms with Crippen molar-refractivity contribution in [2.24, 2.45) is 5.73 Å². The number of hydrogen-bond acceptors (Lipinski definition) is 6.